The van der Waals surface area contributed by atoms with E-state index in [0.717, 1.165) is 25.5 Å². The van der Waals surface area contributed by atoms with Crippen LogP contribution >= 0.6 is 11.6 Å². The lowest BCUT2D eigenvalue weighted by Crippen LogP contribution is -2.18. The molecule has 1 saturated carbocycles. The first kappa shape index (κ1) is 8.06. The molecule has 2 heteroatoms. The first-order valence-electron chi connectivity index (χ1n) is 3.85. The predicted molar refractivity (Wildman–Crippen MR) is 42.3 cm³/mol. The maximum Gasteiger partial charge on any atom is 0.126 e. The number of hydrogen-bond donors (Lipinski definition) is 0. The van der Waals surface area contributed by atoms with E-state index in [9.17, 15) is 4.79 Å². The molecule has 0 aromatic rings. The van der Waals surface area contributed by atoms with Gasteiger partial charge in [0.2, 0.25) is 0 Å². The fraction of sp³-hybridized carbons (Fsp3) is 0.875. The van der Waals surface area contributed by atoms with Crippen molar-refractivity contribution in [2.24, 2.45) is 5.41 Å². The fourth-order valence-corrected chi connectivity index (χ4v) is 2.07. The summed E-state index contributed by atoms with van der Waals surface area (Å²) in [5.74, 6) is 0.624. The van der Waals surface area contributed by atoms with Gasteiger partial charge in [-0.3, -0.25) is 0 Å². The van der Waals surface area contributed by atoms with E-state index in [2.05, 4.69) is 0 Å². The van der Waals surface area contributed by atoms with Crippen LogP contribution in [0.15, 0.2) is 0 Å². The molecule has 1 nitrogen and oxygen atoms in total. The Kier molecular flexibility index (Phi) is 2.72. The molecule has 1 fully saturated rings. The molecule has 0 bridgehead atoms. The summed E-state index contributed by atoms with van der Waals surface area (Å²) in [7, 11) is 0. The monoisotopic (exact) mass is 160 g/mol. The van der Waals surface area contributed by atoms with Gasteiger partial charge in [-0.15, -0.1) is 11.6 Å². The summed E-state index contributed by atoms with van der Waals surface area (Å²) in [5.41, 5.74) is -0.0260. The largest absolute Gasteiger partial charge is 0.303 e. The van der Waals surface area contributed by atoms with Crippen LogP contribution < -0.4 is 0 Å². The number of aldehydes is 1. The van der Waals surface area contributed by atoms with Gasteiger partial charge in [-0.2, -0.15) is 0 Å². The summed E-state index contributed by atoms with van der Waals surface area (Å²) in [5, 5.41) is 0. The van der Waals surface area contributed by atoms with Crippen LogP contribution in [0.3, 0.4) is 0 Å². The third-order valence-corrected chi connectivity index (χ3v) is 2.63. The molecule has 1 rings (SSSR count). The molecule has 0 aromatic heterocycles. The van der Waals surface area contributed by atoms with Gasteiger partial charge in [0.1, 0.15) is 6.29 Å². The summed E-state index contributed by atoms with van der Waals surface area (Å²) in [4.78, 5) is 10.7. The van der Waals surface area contributed by atoms with Crippen LogP contribution in [0.4, 0.5) is 0 Å². The van der Waals surface area contributed by atoms with Crippen molar-refractivity contribution in [1.82, 2.24) is 0 Å². The molecule has 0 heterocycles. The fourth-order valence-electron chi connectivity index (χ4n) is 1.69. The van der Waals surface area contributed by atoms with Crippen LogP contribution in [0.2, 0.25) is 0 Å². The van der Waals surface area contributed by atoms with E-state index in [1.165, 1.54) is 12.8 Å². The highest BCUT2D eigenvalue weighted by Crippen LogP contribution is 2.39. The molecule has 1 aliphatic carbocycles. The zero-order valence-corrected chi connectivity index (χ0v) is 6.86. The molecule has 0 amide bonds. The number of alkyl halides is 1. The van der Waals surface area contributed by atoms with Crippen molar-refractivity contribution in [3.63, 3.8) is 0 Å². The van der Waals surface area contributed by atoms with Crippen LogP contribution in [-0.2, 0) is 4.79 Å². The molecule has 0 saturated heterocycles. The molecule has 58 valence electrons. The van der Waals surface area contributed by atoms with E-state index in [1.807, 2.05) is 0 Å². The Morgan fingerprint density at radius 3 is 2.40 bits per heavy atom. The lowest BCUT2D eigenvalue weighted by atomic mass is 9.85. The lowest BCUT2D eigenvalue weighted by Gasteiger charge is -2.19. The molecule has 0 spiro atoms. The average Bonchev–Trinajstić information content (AvgIpc) is 2.39. The van der Waals surface area contributed by atoms with Crippen molar-refractivity contribution in [3.05, 3.63) is 0 Å². The molecular formula is C8H13ClO. The second-order valence-electron chi connectivity index (χ2n) is 3.13. The normalized spacial score (nSPS) is 22.9. The Balaban J connectivity index is 2.49. The Morgan fingerprint density at radius 1 is 1.40 bits per heavy atom. The minimum absolute atomic E-state index is 0.0260. The van der Waals surface area contributed by atoms with Crippen molar-refractivity contribution >= 4 is 17.9 Å². The number of hydrogen-bond acceptors (Lipinski definition) is 1. The Hall–Kier alpha value is -0.0400. The van der Waals surface area contributed by atoms with E-state index < -0.39 is 0 Å². The molecule has 0 unspecified atom stereocenters. The zero-order chi connectivity index (χ0) is 7.45. The predicted octanol–water partition coefficient (Wildman–Crippen LogP) is 2.37. The van der Waals surface area contributed by atoms with E-state index in [1.54, 1.807) is 0 Å². The van der Waals surface area contributed by atoms with Gasteiger partial charge in [-0.05, 0) is 19.3 Å². The molecule has 1 aliphatic rings. The standard InChI is InChI=1S/C8H13ClO/c9-6-5-8(7-10)3-1-2-4-8/h7H,1-6H2. The Bertz CT molecular complexity index is 116. The van der Waals surface area contributed by atoms with Crippen molar-refractivity contribution < 1.29 is 4.79 Å². The van der Waals surface area contributed by atoms with Crippen LogP contribution in [0.1, 0.15) is 32.1 Å². The first-order chi connectivity index (χ1) is 4.83. The number of rotatable bonds is 3. The van der Waals surface area contributed by atoms with Gasteiger partial charge in [0.15, 0.2) is 0 Å². The highest BCUT2D eigenvalue weighted by Gasteiger charge is 2.32. The number of halogens is 1. The second kappa shape index (κ2) is 3.38. The van der Waals surface area contributed by atoms with Crippen molar-refractivity contribution in [3.8, 4) is 0 Å². The summed E-state index contributed by atoms with van der Waals surface area (Å²) < 4.78 is 0. The van der Waals surface area contributed by atoms with E-state index in [-0.39, 0.29) is 5.41 Å². The third kappa shape index (κ3) is 1.51. The van der Waals surface area contributed by atoms with Gasteiger partial charge in [-0.1, -0.05) is 12.8 Å². The summed E-state index contributed by atoms with van der Waals surface area (Å²) >= 11 is 5.59. The van der Waals surface area contributed by atoms with Gasteiger partial charge in [0.05, 0.1) is 0 Å². The Morgan fingerprint density at radius 2 is 2.00 bits per heavy atom. The molecule has 0 aromatic carbocycles. The average molecular weight is 161 g/mol. The highest BCUT2D eigenvalue weighted by molar-refractivity contribution is 6.17. The first-order valence-corrected chi connectivity index (χ1v) is 4.39. The van der Waals surface area contributed by atoms with Gasteiger partial charge < -0.3 is 4.79 Å². The highest BCUT2D eigenvalue weighted by atomic mass is 35.5. The second-order valence-corrected chi connectivity index (χ2v) is 3.50. The van der Waals surface area contributed by atoms with Crippen LogP contribution in [0, 0.1) is 5.41 Å². The van der Waals surface area contributed by atoms with Crippen LogP contribution in [0.25, 0.3) is 0 Å². The van der Waals surface area contributed by atoms with E-state index in [4.69, 9.17) is 11.6 Å². The van der Waals surface area contributed by atoms with Crippen molar-refractivity contribution in [1.29, 1.82) is 0 Å². The lowest BCUT2D eigenvalue weighted by molar-refractivity contribution is -0.116. The number of carbonyl (C=O) groups is 1. The van der Waals surface area contributed by atoms with Gasteiger partial charge in [0, 0.05) is 11.3 Å². The third-order valence-electron chi connectivity index (χ3n) is 2.44. The van der Waals surface area contributed by atoms with Gasteiger partial charge >= 0.3 is 0 Å². The van der Waals surface area contributed by atoms with Gasteiger partial charge in [0.25, 0.3) is 0 Å². The van der Waals surface area contributed by atoms with Gasteiger partial charge in [-0.25, -0.2) is 0 Å². The topological polar surface area (TPSA) is 17.1 Å². The molecule has 0 atom stereocenters. The maximum absolute atomic E-state index is 10.7. The summed E-state index contributed by atoms with van der Waals surface area (Å²) in [6, 6.07) is 0. The quantitative estimate of drug-likeness (QED) is 0.458. The Labute approximate surface area is 66.8 Å². The molecule has 10 heavy (non-hydrogen) atoms. The molecule has 0 N–H and O–H groups in total. The number of carbonyl (C=O) groups excluding carboxylic acids is 1. The SMILES string of the molecule is O=CC1(CCCl)CCCC1. The zero-order valence-electron chi connectivity index (χ0n) is 6.11. The van der Waals surface area contributed by atoms with E-state index >= 15 is 0 Å². The smallest absolute Gasteiger partial charge is 0.126 e. The minimum Gasteiger partial charge on any atom is -0.303 e. The molecule has 0 radical (unpaired) electrons. The minimum atomic E-state index is -0.0260. The molecular weight excluding hydrogens is 148 g/mol. The summed E-state index contributed by atoms with van der Waals surface area (Å²) in [6.45, 7) is 0. The summed E-state index contributed by atoms with van der Waals surface area (Å²) in [6.07, 6.45) is 6.51. The molecule has 0 aliphatic heterocycles. The van der Waals surface area contributed by atoms with Crippen molar-refractivity contribution in [2.75, 3.05) is 5.88 Å². The van der Waals surface area contributed by atoms with E-state index in [0.29, 0.717) is 5.88 Å². The van der Waals surface area contributed by atoms with Crippen LogP contribution in [0.5, 0.6) is 0 Å². The maximum atomic E-state index is 10.7. The van der Waals surface area contributed by atoms with Crippen LogP contribution in [-0.4, -0.2) is 12.2 Å². The van der Waals surface area contributed by atoms with Crippen molar-refractivity contribution in [2.45, 2.75) is 32.1 Å².